The van der Waals surface area contributed by atoms with E-state index in [9.17, 15) is 13.2 Å². The van der Waals surface area contributed by atoms with Crippen LogP contribution in [0.3, 0.4) is 0 Å². The second kappa shape index (κ2) is 9.28. The smallest absolute Gasteiger partial charge is 0.243 e. The van der Waals surface area contributed by atoms with E-state index in [1.54, 1.807) is 28.4 Å². The van der Waals surface area contributed by atoms with Crippen molar-refractivity contribution in [2.75, 3.05) is 39.4 Å². The van der Waals surface area contributed by atoms with Crippen molar-refractivity contribution in [3.63, 3.8) is 0 Å². The number of amides is 1. The minimum atomic E-state index is -3.68. The average molecular weight is 488 g/mol. The molecule has 0 spiro atoms. The quantitative estimate of drug-likeness (QED) is 0.550. The maximum Gasteiger partial charge on any atom is 0.243 e. The van der Waals surface area contributed by atoms with E-state index < -0.39 is 10.0 Å². The van der Waals surface area contributed by atoms with Crippen molar-refractivity contribution in [3.8, 4) is 11.5 Å². The number of carbonyl (C=O) groups excluding carboxylic acids is 1. The van der Waals surface area contributed by atoms with Crippen molar-refractivity contribution in [3.05, 3.63) is 47.5 Å². The lowest BCUT2D eigenvalue weighted by Crippen LogP contribution is -2.50. The van der Waals surface area contributed by atoms with Crippen molar-refractivity contribution in [1.29, 1.82) is 0 Å². The van der Waals surface area contributed by atoms with Crippen LogP contribution >= 0.6 is 11.3 Å². The Morgan fingerprint density at radius 2 is 1.76 bits per heavy atom. The maximum absolute atomic E-state index is 13.2. The van der Waals surface area contributed by atoms with Crippen molar-refractivity contribution < 1.29 is 22.7 Å². The molecule has 10 heteroatoms. The number of hydrogen-bond acceptors (Lipinski definition) is 7. The van der Waals surface area contributed by atoms with Crippen LogP contribution in [0.25, 0.3) is 10.2 Å². The van der Waals surface area contributed by atoms with Crippen molar-refractivity contribution in [2.24, 2.45) is 0 Å². The highest BCUT2D eigenvalue weighted by atomic mass is 32.2. The fourth-order valence-corrected chi connectivity index (χ4v) is 6.43. The number of ether oxygens (including phenoxy) is 2. The predicted molar refractivity (Wildman–Crippen MR) is 125 cm³/mol. The van der Waals surface area contributed by atoms with Gasteiger partial charge in [-0.2, -0.15) is 4.31 Å². The molecule has 3 heterocycles. The number of fused-ring (bicyclic) bond motifs is 2. The molecule has 0 radical (unpaired) electrons. The lowest BCUT2D eigenvalue weighted by atomic mass is 10.2. The van der Waals surface area contributed by atoms with Gasteiger partial charge in [-0.05, 0) is 24.3 Å². The van der Waals surface area contributed by atoms with Crippen LogP contribution in [0.15, 0.2) is 47.4 Å². The van der Waals surface area contributed by atoms with Crippen molar-refractivity contribution in [1.82, 2.24) is 14.2 Å². The van der Waals surface area contributed by atoms with E-state index in [4.69, 9.17) is 9.47 Å². The van der Waals surface area contributed by atoms with E-state index in [1.165, 1.54) is 10.4 Å². The summed E-state index contributed by atoms with van der Waals surface area (Å²) in [7, 11) is -3.68. The van der Waals surface area contributed by atoms with E-state index in [-0.39, 0.29) is 23.9 Å². The second-order valence-electron chi connectivity index (χ2n) is 8.02. The summed E-state index contributed by atoms with van der Waals surface area (Å²) in [6, 6.07) is 12.7. The van der Waals surface area contributed by atoms with E-state index in [0.717, 1.165) is 21.6 Å². The molecule has 8 nitrogen and oxygen atoms in total. The van der Waals surface area contributed by atoms with Gasteiger partial charge in [-0.25, -0.2) is 13.4 Å². The first kappa shape index (κ1) is 22.1. The molecular formula is C23H25N3O5S2. The Morgan fingerprint density at radius 1 is 1.00 bits per heavy atom. The van der Waals surface area contributed by atoms with Gasteiger partial charge < -0.3 is 14.4 Å². The molecule has 1 fully saturated rings. The minimum absolute atomic E-state index is 0.0295. The zero-order valence-electron chi connectivity index (χ0n) is 18.1. The summed E-state index contributed by atoms with van der Waals surface area (Å²) >= 11 is 1.61. The van der Waals surface area contributed by atoms with Gasteiger partial charge in [-0.15, -0.1) is 11.3 Å². The van der Waals surface area contributed by atoms with E-state index in [2.05, 4.69) is 4.98 Å². The number of rotatable bonds is 5. The van der Waals surface area contributed by atoms with Crippen LogP contribution in [0.4, 0.5) is 0 Å². The van der Waals surface area contributed by atoms with Gasteiger partial charge in [-0.3, -0.25) is 4.79 Å². The molecule has 2 aromatic carbocycles. The standard InChI is InChI=1S/C23H25N3O5S2/c27-23(9-8-22-24-18-4-1-2-5-21(18)32-22)25-10-12-26(13-11-25)33(28,29)17-6-7-19-20(16-17)31-15-3-14-30-19/h1-2,4-7,16H,3,8-15H2. The molecule has 0 bridgehead atoms. The van der Waals surface area contributed by atoms with E-state index in [0.29, 0.717) is 50.6 Å². The largest absolute Gasteiger partial charge is 0.490 e. The normalized spacial score (nSPS) is 17.2. The lowest BCUT2D eigenvalue weighted by molar-refractivity contribution is -0.132. The summed E-state index contributed by atoms with van der Waals surface area (Å²) in [5, 5.41) is 0.945. The number of hydrogen-bond donors (Lipinski definition) is 0. The molecule has 33 heavy (non-hydrogen) atoms. The first-order chi connectivity index (χ1) is 16.0. The van der Waals surface area contributed by atoms with Crippen LogP contribution < -0.4 is 9.47 Å². The van der Waals surface area contributed by atoms with Crippen molar-refractivity contribution >= 4 is 37.5 Å². The third kappa shape index (κ3) is 4.68. The summed E-state index contributed by atoms with van der Waals surface area (Å²) < 4.78 is 40.1. The second-order valence-corrected chi connectivity index (χ2v) is 11.1. The SMILES string of the molecule is O=C(CCc1nc2ccccc2s1)N1CCN(S(=O)(=O)c2ccc3c(c2)OCCCO3)CC1. The zero-order valence-corrected chi connectivity index (χ0v) is 19.7. The van der Waals surface area contributed by atoms with Gasteiger partial charge >= 0.3 is 0 Å². The highest BCUT2D eigenvalue weighted by Gasteiger charge is 2.31. The topological polar surface area (TPSA) is 89.0 Å². The monoisotopic (exact) mass is 487 g/mol. The third-order valence-electron chi connectivity index (χ3n) is 5.84. The molecule has 2 aliphatic rings. The number of para-hydroxylation sites is 1. The van der Waals surface area contributed by atoms with E-state index >= 15 is 0 Å². The number of piperazine rings is 1. The maximum atomic E-state index is 13.2. The minimum Gasteiger partial charge on any atom is -0.490 e. The summed E-state index contributed by atoms with van der Waals surface area (Å²) in [4.78, 5) is 19.2. The van der Waals surface area contributed by atoms with Crippen molar-refractivity contribution in [2.45, 2.75) is 24.2 Å². The van der Waals surface area contributed by atoms with Gasteiger partial charge in [0.25, 0.3) is 0 Å². The highest BCUT2D eigenvalue weighted by molar-refractivity contribution is 7.89. The molecule has 0 unspecified atom stereocenters. The van der Waals surface area contributed by atoms with Crippen LogP contribution in [-0.2, 0) is 21.2 Å². The Hall–Kier alpha value is -2.69. The number of nitrogens with zero attached hydrogens (tertiary/aromatic N) is 3. The summed E-state index contributed by atoms with van der Waals surface area (Å²) in [5.41, 5.74) is 0.957. The molecule has 2 aliphatic heterocycles. The fraction of sp³-hybridized carbons (Fsp3) is 0.391. The molecule has 3 aromatic rings. The Labute approximate surface area is 196 Å². The van der Waals surface area contributed by atoms with Crippen LogP contribution in [0.1, 0.15) is 17.8 Å². The third-order valence-corrected chi connectivity index (χ3v) is 8.83. The highest BCUT2D eigenvalue weighted by Crippen LogP contribution is 2.33. The summed E-state index contributed by atoms with van der Waals surface area (Å²) in [6.45, 7) is 2.33. The van der Waals surface area contributed by atoms with Gasteiger partial charge in [0, 0.05) is 51.5 Å². The number of aromatic nitrogens is 1. The van der Waals surface area contributed by atoms with Gasteiger partial charge in [-0.1, -0.05) is 12.1 Å². The molecular weight excluding hydrogens is 462 g/mol. The van der Waals surface area contributed by atoms with Crippen LogP contribution in [-0.4, -0.2) is 67.9 Å². The molecule has 0 saturated carbocycles. The molecule has 1 aromatic heterocycles. The number of benzene rings is 2. The lowest BCUT2D eigenvalue weighted by Gasteiger charge is -2.34. The fourth-order valence-electron chi connectivity index (χ4n) is 4.03. The van der Waals surface area contributed by atoms with Crippen LogP contribution in [0.2, 0.25) is 0 Å². The zero-order chi connectivity index (χ0) is 22.8. The number of sulfonamides is 1. The molecule has 1 amide bonds. The summed E-state index contributed by atoms with van der Waals surface area (Å²) in [5.74, 6) is 1.05. The Morgan fingerprint density at radius 3 is 2.55 bits per heavy atom. The molecule has 174 valence electrons. The Kier molecular flexibility index (Phi) is 6.22. The molecule has 5 rings (SSSR count). The first-order valence-electron chi connectivity index (χ1n) is 11.0. The van der Waals surface area contributed by atoms with Gasteiger partial charge in [0.1, 0.15) is 0 Å². The Bertz CT molecular complexity index is 1230. The van der Waals surface area contributed by atoms with Gasteiger partial charge in [0.15, 0.2) is 11.5 Å². The number of aryl methyl sites for hydroxylation is 1. The predicted octanol–water partition coefficient (Wildman–Crippen LogP) is 2.92. The van der Waals surface area contributed by atoms with Gasteiger partial charge in [0.2, 0.25) is 15.9 Å². The molecule has 0 N–H and O–H groups in total. The van der Waals surface area contributed by atoms with Gasteiger partial charge in [0.05, 0.1) is 33.3 Å². The molecule has 0 atom stereocenters. The number of thiazole rings is 1. The average Bonchev–Trinajstić information content (AvgIpc) is 3.11. The number of carbonyl (C=O) groups is 1. The Balaban J connectivity index is 1.18. The molecule has 0 aliphatic carbocycles. The van der Waals surface area contributed by atoms with Crippen LogP contribution in [0.5, 0.6) is 11.5 Å². The first-order valence-corrected chi connectivity index (χ1v) is 13.3. The summed E-state index contributed by atoms with van der Waals surface area (Å²) in [6.07, 6.45) is 1.72. The van der Waals surface area contributed by atoms with Crippen LogP contribution in [0, 0.1) is 0 Å². The molecule has 1 saturated heterocycles. The van der Waals surface area contributed by atoms with E-state index in [1.807, 2.05) is 24.3 Å².